The molecule has 0 saturated heterocycles. The normalized spacial score (nSPS) is 11.4. The molecule has 24 aromatic rings. The average molecular weight is 1550 g/mol. The fraction of sp³-hybridized carbons (Fsp3) is 0. The van der Waals surface area contributed by atoms with Gasteiger partial charge in [-0.3, -0.25) is 0 Å². The molecule has 0 unspecified atom stereocenters. The van der Waals surface area contributed by atoms with Gasteiger partial charge in [-0.15, -0.1) is 0 Å². The van der Waals surface area contributed by atoms with Crippen LogP contribution in [-0.2, 0) is 0 Å². The third-order valence-electron chi connectivity index (χ3n) is 24.1. The number of hydrogen-bond donors (Lipinski definition) is 0. The van der Waals surface area contributed by atoms with E-state index in [1.807, 2.05) is 78.9 Å². The maximum Gasteiger partial charge on any atom is 0.194 e. The minimum absolute atomic E-state index is 0.654. The molecular weight excluding hydrogens is 1490 g/mol. The van der Waals surface area contributed by atoms with Gasteiger partial charge in [0.2, 0.25) is 0 Å². The summed E-state index contributed by atoms with van der Waals surface area (Å²) < 4.78 is 14.2. The number of aromatic nitrogens is 6. The van der Waals surface area contributed by atoms with Crippen molar-refractivity contribution in [3.63, 3.8) is 0 Å². The summed E-state index contributed by atoms with van der Waals surface area (Å²) in [5, 5.41) is 33.2. The molecule has 24 rings (SSSR count). The van der Waals surface area contributed by atoms with E-state index in [0.717, 1.165) is 94.5 Å². The van der Waals surface area contributed by atoms with Crippen LogP contribution in [-0.4, -0.2) is 27.4 Å². The molecular formula is C112H68N10. The summed E-state index contributed by atoms with van der Waals surface area (Å²) in [6.07, 6.45) is 0. The Kier molecular flexibility index (Phi) is 17.2. The van der Waals surface area contributed by atoms with Crippen LogP contribution >= 0.6 is 0 Å². The second-order valence-corrected chi connectivity index (χ2v) is 30.7. The van der Waals surface area contributed by atoms with Crippen molar-refractivity contribution in [2.24, 2.45) is 0 Å². The van der Waals surface area contributed by atoms with Crippen molar-refractivity contribution >= 4 is 142 Å². The monoisotopic (exact) mass is 1550 g/mol. The molecule has 18 aromatic carbocycles. The van der Waals surface area contributed by atoms with Crippen molar-refractivity contribution in [1.29, 1.82) is 10.5 Å². The van der Waals surface area contributed by atoms with E-state index < -0.39 is 0 Å². The van der Waals surface area contributed by atoms with Crippen molar-refractivity contribution in [3.8, 4) is 79.6 Å². The number of hydrogen-bond acceptors (Lipinski definition) is 2. The van der Waals surface area contributed by atoms with Crippen LogP contribution in [0.15, 0.2) is 413 Å². The second-order valence-electron chi connectivity index (χ2n) is 30.7. The van der Waals surface area contributed by atoms with Gasteiger partial charge < -0.3 is 27.4 Å². The van der Waals surface area contributed by atoms with Crippen molar-refractivity contribution in [2.45, 2.75) is 0 Å². The SMILES string of the molecule is N#Cc1ccc(-c2ccc(-n3c4ccccc4c4cc(-n5c6ccccc6c6cc(C#N)ccc65)ccc43)cc2)cc1.[C-]#[N+]c1cccc(-c2ccc(-n3c4ccccc4c4c(-n5c6ccccc6c6ccccc65)cccc43)cc2)c1.[C-]#[N+]c1ccccc1-c1ccc(-n2c3ccccc3c3c(-n4c5ccccc5c5ccccc54)cccc32)cc1. The van der Waals surface area contributed by atoms with E-state index in [1.54, 1.807) is 0 Å². The van der Waals surface area contributed by atoms with Crippen LogP contribution in [0.4, 0.5) is 11.4 Å². The molecule has 566 valence electrons. The number of nitriles is 2. The minimum atomic E-state index is 0.654. The Morgan fingerprint density at radius 3 is 0.959 bits per heavy atom. The predicted molar refractivity (Wildman–Crippen MR) is 504 cm³/mol. The van der Waals surface area contributed by atoms with Crippen LogP contribution in [0.25, 0.3) is 208 Å². The lowest BCUT2D eigenvalue weighted by Crippen LogP contribution is -1.96. The number of nitrogens with zero attached hydrogens (tertiary/aromatic N) is 10. The van der Waals surface area contributed by atoms with Gasteiger partial charge in [0.25, 0.3) is 0 Å². The topological polar surface area (TPSA) is 85.9 Å². The third kappa shape index (κ3) is 11.7. The van der Waals surface area contributed by atoms with Gasteiger partial charge in [-0.05, 0) is 197 Å². The van der Waals surface area contributed by atoms with Gasteiger partial charge in [0.15, 0.2) is 11.4 Å². The van der Waals surface area contributed by atoms with Crippen LogP contribution in [0.2, 0.25) is 0 Å². The lowest BCUT2D eigenvalue weighted by Gasteiger charge is -2.12. The molecule has 0 spiro atoms. The Bertz CT molecular complexity index is 8440. The van der Waals surface area contributed by atoms with Crippen LogP contribution in [0.5, 0.6) is 0 Å². The van der Waals surface area contributed by atoms with E-state index in [9.17, 15) is 5.26 Å². The van der Waals surface area contributed by atoms with Gasteiger partial charge in [-0.2, -0.15) is 10.5 Å². The van der Waals surface area contributed by atoms with Gasteiger partial charge in [-0.1, -0.05) is 249 Å². The van der Waals surface area contributed by atoms with Crippen LogP contribution in [0.3, 0.4) is 0 Å². The predicted octanol–water partition coefficient (Wildman–Crippen LogP) is 29.5. The standard InChI is InChI=1S/C38H22N4.2C37H23N3/c39-23-25-9-12-27(13-10-25)28-14-16-29(17-15-28)41-35-7-3-2-6-32(35)34-22-30(18-20-38(34)41)42-36-8-4-1-5-31(36)33-21-26(24-40)11-19-37(33)42;1-38-31-15-6-2-11-27(31)25-21-23-26(24-22-25)39-34-18-9-5-14-30(34)37-35(39)19-10-20-36(37)40-32-16-7-3-12-28(32)29-13-4-8-17-33(29)40;1-38-27-11-8-10-26(24-27)25-20-22-28(23-21-25)39-34-17-7-4-14-31(34)37-35(39)18-9-19-36(37)40-32-15-5-2-12-29(32)30-13-3-6-16-33(30)40/h1-22H;2*2-24H. The van der Waals surface area contributed by atoms with Gasteiger partial charge in [0.1, 0.15) is 0 Å². The molecule has 0 bridgehead atoms. The van der Waals surface area contributed by atoms with E-state index in [1.165, 1.54) is 104 Å². The maximum atomic E-state index is 9.53. The number of benzene rings is 18. The summed E-state index contributed by atoms with van der Waals surface area (Å²) in [4.78, 5) is 7.31. The second kappa shape index (κ2) is 29.5. The van der Waals surface area contributed by atoms with Crippen molar-refractivity contribution in [3.05, 3.63) is 446 Å². The smallest absolute Gasteiger partial charge is 0.194 e. The van der Waals surface area contributed by atoms with Gasteiger partial charge in [0.05, 0.1) is 114 Å². The molecule has 0 N–H and O–H groups in total. The van der Waals surface area contributed by atoms with Crippen molar-refractivity contribution in [1.82, 2.24) is 27.4 Å². The minimum Gasteiger partial charge on any atom is -0.309 e. The van der Waals surface area contributed by atoms with Crippen LogP contribution in [0.1, 0.15) is 11.1 Å². The molecule has 6 aromatic heterocycles. The highest BCUT2D eigenvalue weighted by Crippen LogP contribution is 2.45. The quantitative estimate of drug-likeness (QED) is 0.135. The average Bonchev–Trinajstić information content (AvgIpc) is 1.57. The first kappa shape index (κ1) is 71.3. The maximum absolute atomic E-state index is 9.53. The zero-order chi connectivity index (χ0) is 81.5. The highest BCUT2D eigenvalue weighted by molar-refractivity contribution is 6.19. The summed E-state index contributed by atoms with van der Waals surface area (Å²) in [7, 11) is 0. The number of fused-ring (bicyclic) bond motifs is 18. The summed E-state index contributed by atoms with van der Waals surface area (Å²) in [5.74, 6) is 0. The van der Waals surface area contributed by atoms with Crippen molar-refractivity contribution in [2.75, 3.05) is 0 Å². The first-order valence-electron chi connectivity index (χ1n) is 40.6. The molecule has 6 heterocycles. The lowest BCUT2D eigenvalue weighted by molar-refractivity contribution is 1.16. The molecule has 0 aliphatic rings. The first-order chi connectivity index (χ1) is 60.4. The van der Waals surface area contributed by atoms with Gasteiger partial charge >= 0.3 is 0 Å². The van der Waals surface area contributed by atoms with E-state index in [4.69, 9.17) is 18.4 Å². The zero-order valence-electron chi connectivity index (χ0n) is 65.7. The fourth-order valence-corrected chi connectivity index (χ4v) is 18.7. The van der Waals surface area contributed by atoms with E-state index in [0.29, 0.717) is 22.5 Å². The van der Waals surface area contributed by atoms with E-state index >= 15 is 0 Å². The lowest BCUT2D eigenvalue weighted by atomic mass is 10.0. The number of para-hydroxylation sites is 9. The zero-order valence-corrected chi connectivity index (χ0v) is 65.7. The summed E-state index contributed by atoms with van der Waals surface area (Å²) >= 11 is 0. The van der Waals surface area contributed by atoms with Crippen LogP contribution in [0, 0.1) is 35.8 Å². The summed E-state index contributed by atoms with van der Waals surface area (Å²) in [5.41, 5.74) is 29.7. The Morgan fingerprint density at radius 1 is 0.205 bits per heavy atom. The molecule has 10 nitrogen and oxygen atoms in total. The molecule has 0 radical (unpaired) electrons. The molecule has 0 amide bonds. The molecule has 10 heteroatoms. The van der Waals surface area contributed by atoms with Gasteiger partial charge in [0, 0.05) is 87.4 Å². The number of rotatable bonds is 9. The highest BCUT2D eigenvalue weighted by atomic mass is 15.0. The van der Waals surface area contributed by atoms with Crippen molar-refractivity contribution < 1.29 is 0 Å². The molecule has 0 aliphatic heterocycles. The highest BCUT2D eigenvalue weighted by Gasteiger charge is 2.24. The first-order valence-corrected chi connectivity index (χ1v) is 40.6. The van der Waals surface area contributed by atoms with Gasteiger partial charge in [-0.25, -0.2) is 9.69 Å². The summed E-state index contributed by atoms with van der Waals surface area (Å²) in [6.45, 7) is 14.9. The molecule has 0 fully saturated rings. The van der Waals surface area contributed by atoms with Crippen LogP contribution < -0.4 is 0 Å². The Morgan fingerprint density at radius 2 is 0.516 bits per heavy atom. The fourth-order valence-electron chi connectivity index (χ4n) is 18.7. The third-order valence-corrected chi connectivity index (χ3v) is 24.1. The van der Waals surface area contributed by atoms with E-state index in [-0.39, 0.29) is 0 Å². The Balaban J connectivity index is 0.000000109. The molecule has 0 atom stereocenters. The van der Waals surface area contributed by atoms with E-state index in [2.05, 4.69) is 383 Å². The Labute approximate surface area is 701 Å². The summed E-state index contributed by atoms with van der Waals surface area (Å²) in [6, 6.07) is 148. The largest absolute Gasteiger partial charge is 0.309 e. The molecule has 0 aliphatic carbocycles. The molecule has 122 heavy (non-hydrogen) atoms. The molecule has 0 saturated carbocycles. The Hall–Kier alpha value is -17.3.